The zero-order valence-corrected chi connectivity index (χ0v) is 10.9. The van der Waals surface area contributed by atoms with Crippen LogP contribution in [0.3, 0.4) is 0 Å². The highest BCUT2D eigenvalue weighted by Gasteiger charge is 2.13. The van der Waals surface area contributed by atoms with Crippen LogP contribution in [0.2, 0.25) is 0 Å². The maximum absolute atomic E-state index is 11.5. The molecule has 1 heterocycles. The molecule has 0 N–H and O–H groups in total. The highest BCUT2D eigenvalue weighted by atomic mass is 32.2. The van der Waals surface area contributed by atoms with Crippen molar-refractivity contribution in [1.29, 1.82) is 0 Å². The van der Waals surface area contributed by atoms with E-state index in [9.17, 15) is 4.79 Å². The molecule has 0 aliphatic carbocycles. The van der Waals surface area contributed by atoms with Gasteiger partial charge in [-0.25, -0.2) is 0 Å². The number of ether oxygens (including phenoxy) is 2. The van der Waals surface area contributed by atoms with Gasteiger partial charge in [-0.3, -0.25) is 4.79 Å². The monoisotopic (exact) mass is 252 g/mol. The molecule has 0 fully saturated rings. The van der Waals surface area contributed by atoms with Crippen LogP contribution < -0.4 is 9.47 Å². The van der Waals surface area contributed by atoms with Gasteiger partial charge in [0.15, 0.2) is 11.5 Å². The van der Waals surface area contributed by atoms with Gasteiger partial charge < -0.3 is 9.47 Å². The minimum absolute atomic E-state index is 0.0970. The first kappa shape index (κ1) is 12.3. The van der Waals surface area contributed by atoms with Gasteiger partial charge in [-0.05, 0) is 18.2 Å². The Kier molecular flexibility index (Phi) is 3.94. The summed E-state index contributed by atoms with van der Waals surface area (Å²) in [5.74, 6) is 2.44. The third-order valence-electron chi connectivity index (χ3n) is 2.54. The van der Waals surface area contributed by atoms with Gasteiger partial charge in [0.25, 0.3) is 0 Å². The lowest BCUT2D eigenvalue weighted by Crippen LogP contribution is -2.15. The van der Waals surface area contributed by atoms with E-state index >= 15 is 0 Å². The first-order chi connectivity index (χ1) is 8.16. The molecule has 17 heavy (non-hydrogen) atoms. The minimum Gasteiger partial charge on any atom is -0.486 e. The highest BCUT2D eigenvalue weighted by Crippen LogP contribution is 2.34. The van der Waals surface area contributed by atoms with E-state index in [1.165, 1.54) is 0 Å². The van der Waals surface area contributed by atoms with Crippen LogP contribution in [0, 0.1) is 5.92 Å². The Morgan fingerprint density at radius 1 is 1.29 bits per heavy atom. The lowest BCUT2D eigenvalue weighted by atomic mass is 10.1. The Hall–Kier alpha value is -1.16. The third-order valence-corrected chi connectivity index (χ3v) is 3.55. The molecule has 1 aliphatic rings. The lowest BCUT2D eigenvalue weighted by Gasteiger charge is -2.18. The van der Waals surface area contributed by atoms with Crippen LogP contribution in [-0.4, -0.2) is 24.7 Å². The van der Waals surface area contributed by atoms with Crippen molar-refractivity contribution in [3.8, 4) is 11.5 Å². The van der Waals surface area contributed by atoms with E-state index in [-0.39, 0.29) is 11.7 Å². The molecule has 0 bridgehead atoms. The summed E-state index contributed by atoms with van der Waals surface area (Å²) in [7, 11) is 0. The summed E-state index contributed by atoms with van der Waals surface area (Å²) < 4.78 is 10.9. The molecular weight excluding hydrogens is 236 g/mol. The van der Waals surface area contributed by atoms with Gasteiger partial charge in [0.05, 0.1) is 5.75 Å². The van der Waals surface area contributed by atoms with Gasteiger partial charge in [-0.15, -0.1) is 11.8 Å². The molecular formula is C13H16O3S. The van der Waals surface area contributed by atoms with E-state index in [4.69, 9.17) is 9.47 Å². The average Bonchev–Trinajstić information content (AvgIpc) is 2.35. The van der Waals surface area contributed by atoms with E-state index in [0.29, 0.717) is 19.0 Å². The van der Waals surface area contributed by atoms with E-state index in [2.05, 4.69) is 0 Å². The molecule has 92 valence electrons. The molecule has 0 aromatic heterocycles. The molecule has 0 radical (unpaired) electrons. The van der Waals surface area contributed by atoms with Crippen LogP contribution in [0.5, 0.6) is 11.5 Å². The number of ketones is 1. The molecule has 0 atom stereocenters. The van der Waals surface area contributed by atoms with Crippen molar-refractivity contribution < 1.29 is 14.3 Å². The predicted octanol–water partition coefficient (Wildman–Crippen LogP) is 2.78. The molecule has 4 heteroatoms. The Morgan fingerprint density at radius 3 is 2.71 bits per heavy atom. The standard InChI is InChI=1S/C13H16O3S/c1-9(2)11(14)8-17-10-3-4-12-13(7-10)16-6-5-15-12/h3-4,7,9H,5-6,8H2,1-2H3. The summed E-state index contributed by atoms with van der Waals surface area (Å²) in [6.45, 7) is 5.04. The Labute approximate surface area is 105 Å². The number of hydrogen-bond donors (Lipinski definition) is 0. The fraction of sp³-hybridized carbons (Fsp3) is 0.462. The van der Waals surface area contributed by atoms with Gasteiger partial charge in [-0.2, -0.15) is 0 Å². The molecule has 0 unspecified atom stereocenters. The number of Topliss-reactive ketones (excluding diaryl/α,β-unsaturated/α-hetero) is 1. The largest absolute Gasteiger partial charge is 0.486 e. The minimum atomic E-state index is 0.0970. The van der Waals surface area contributed by atoms with Gasteiger partial charge in [0.1, 0.15) is 19.0 Å². The topological polar surface area (TPSA) is 35.5 Å². The average molecular weight is 252 g/mol. The van der Waals surface area contributed by atoms with Crippen LogP contribution in [0.15, 0.2) is 23.1 Å². The Bertz CT molecular complexity index is 415. The zero-order chi connectivity index (χ0) is 12.3. The summed E-state index contributed by atoms with van der Waals surface area (Å²) in [6.07, 6.45) is 0. The van der Waals surface area contributed by atoms with Crippen LogP contribution in [0.4, 0.5) is 0 Å². The van der Waals surface area contributed by atoms with Crippen LogP contribution >= 0.6 is 11.8 Å². The predicted molar refractivity (Wildman–Crippen MR) is 68.0 cm³/mol. The normalized spacial score (nSPS) is 13.8. The van der Waals surface area contributed by atoms with Crippen molar-refractivity contribution in [3.63, 3.8) is 0 Å². The van der Waals surface area contributed by atoms with Crippen molar-refractivity contribution in [1.82, 2.24) is 0 Å². The summed E-state index contributed by atoms with van der Waals surface area (Å²) in [4.78, 5) is 12.6. The number of benzene rings is 1. The summed E-state index contributed by atoms with van der Waals surface area (Å²) in [6, 6.07) is 5.80. The fourth-order valence-electron chi connectivity index (χ4n) is 1.43. The summed E-state index contributed by atoms with van der Waals surface area (Å²) in [5.41, 5.74) is 0. The van der Waals surface area contributed by atoms with Crippen molar-refractivity contribution in [2.24, 2.45) is 5.92 Å². The van der Waals surface area contributed by atoms with Crippen molar-refractivity contribution in [2.45, 2.75) is 18.7 Å². The number of fused-ring (bicyclic) bond motifs is 1. The molecule has 3 nitrogen and oxygen atoms in total. The number of hydrogen-bond acceptors (Lipinski definition) is 4. The van der Waals surface area contributed by atoms with Gasteiger partial charge >= 0.3 is 0 Å². The first-order valence-corrected chi connectivity index (χ1v) is 6.70. The van der Waals surface area contributed by atoms with Crippen molar-refractivity contribution in [2.75, 3.05) is 19.0 Å². The smallest absolute Gasteiger partial charge is 0.162 e. The molecule has 0 spiro atoms. The van der Waals surface area contributed by atoms with Crippen LogP contribution in [0.25, 0.3) is 0 Å². The summed E-state index contributed by atoms with van der Waals surface area (Å²) >= 11 is 1.54. The van der Waals surface area contributed by atoms with E-state index in [1.54, 1.807) is 11.8 Å². The molecule has 0 saturated carbocycles. The van der Waals surface area contributed by atoms with Crippen molar-refractivity contribution >= 4 is 17.5 Å². The molecule has 2 rings (SSSR count). The van der Waals surface area contributed by atoms with Crippen LogP contribution in [-0.2, 0) is 4.79 Å². The Balaban J connectivity index is 2.00. The van der Waals surface area contributed by atoms with E-state index < -0.39 is 0 Å². The molecule has 1 aliphatic heterocycles. The van der Waals surface area contributed by atoms with Gasteiger partial charge in [-0.1, -0.05) is 13.8 Å². The first-order valence-electron chi connectivity index (χ1n) is 5.72. The number of thioether (sulfide) groups is 1. The highest BCUT2D eigenvalue weighted by molar-refractivity contribution is 8.00. The Morgan fingerprint density at radius 2 is 2.00 bits per heavy atom. The quantitative estimate of drug-likeness (QED) is 0.772. The fourth-order valence-corrected chi connectivity index (χ4v) is 2.43. The zero-order valence-electron chi connectivity index (χ0n) is 10.1. The molecule has 1 aromatic carbocycles. The molecule has 0 saturated heterocycles. The second-order valence-electron chi connectivity index (χ2n) is 4.22. The number of carbonyl (C=O) groups is 1. The van der Waals surface area contributed by atoms with E-state index in [0.717, 1.165) is 16.4 Å². The maximum Gasteiger partial charge on any atom is 0.162 e. The SMILES string of the molecule is CC(C)C(=O)CSc1ccc2c(c1)OCCO2. The molecule has 0 amide bonds. The van der Waals surface area contributed by atoms with E-state index in [1.807, 2.05) is 32.0 Å². The third kappa shape index (κ3) is 3.16. The number of carbonyl (C=O) groups excluding carboxylic acids is 1. The van der Waals surface area contributed by atoms with Gasteiger partial charge in [0.2, 0.25) is 0 Å². The molecule has 1 aromatic rings. The maximum atomic E-state index is 11.5. The second kappa shape index (κ2) is 5.45. The van der Waals surface area contributed by atoms with Gasteiger partial charge in [0, 0.05) is 10.8 Å². The summed E-state index contributed by atoms with van der Waals surface area (Å²) in [5, 5.41) is 0. The lowest BCUT2D eigenvalue weighted by molar-refractivity contribution is -0.119. The van der Waals surface area contributed by atoms with Crippen LogP contribution in [0.1, 0.15) is 13.8 Å². The van der Waals surface area contributed by atoms with Crippen molar-refractivity contribution in [3.05, 3.63) is 18.2 Å². The number of rotatable bonds is 4. The second-order valence-corrected chi connectivity index (χ2v) is 5.26.